The number of fused-ring (bicyclic) bond motifs is 1. The second-order valence-electron chi connectivity index (χ2n) is 7.78. The minimum absolute atomic E-state index is 0.00620. The van der Waals surface area contributed by atoms with Crippen molar-refractivity contribution in [3.63, 3.8) is 0 Å². The maximum atomic E-state index is 14.8. The summed E-state index contributed by atoms with van der Waals surface area (Å²) in [5.74, 6) is -2.62. The summed E-state index contributed by atoms with van der Waals surface area (Å²) in [7, 11) is 0. The van der Waals surface area contributed by atoms with E-state index in [1.54, 1.807) is 12.1 Å². The van der Waals surface area contributed by atoms with E-state index in [-0.39, 0.29) is 17.3 Å². The Balaban J connectivity index is 1.62. The average molecular weight is 398 g/mol. The van der Waals surface area contributed by atoms with Crippen molar-refractivity contribution in [2.24, 2.45) is 0 Å². The Labute approximate surface area is 168 Å². The number of halogens is 4. The zero-order valence-corrected chi connectivity index (χ0v) is 16.2. The van der Waals surface area contributed by atoms with E-state index in [2.05, 4.69) is 6.92 Å². The molecule has 0 amide bonds. The van der Waals surface area contributed by atoms with E-state index < -0.39 is 17.5 Å². The van der Waals surface area contributed by atoms with Crippen LogP contribution >= 0.6 is 0 Å². The predicted octanol–water partition coefficient (Wildman–Crippen LogP) is 7.14. The summed E-state index contributed by atoms with van der Waals surface area (Å²) >= 11 is 0. The van der Waals surface area contributed by atoms with E-state index in [1.165, 1.54) is 12.1 Å². The Hall–Kier alpha value is -2.62. The summed E-state index contributed by atoms with van der Waals surface area (Å²) in [6, 6.07) is 12.0. The van der Waals surface area contributed by atoms with Gasteiger partial charge in [-0.1, -0.05) is 31.5 Å². The first kappa shape index (κ1) is 19.7. The fraction of sp³-hybridized carbons (Fsp3) is 0.280. The topological polar surface area (TPSA) is 0 Å². The van der Waals surface area contributed by atoms with Crippen molar-refractivity contribution < 1.29 is 17.6 Å². The van der Waals surface area contributed by atoms with Gasteiger partial charge in [0.2, 0.25) is 0 Å². The highest BCUT2D eigenvalue weighted by Crippen LogP contribution is 2.37. The van der Waals surface area contributed by atoms with Crippen molar-refractivity contribution in [2.45, 2.75) is 44.9 Å². The Kier molecular flexibility index (Phi) is 5.44. The summed E-state index contributed by atoms with van der Waals surface area (Å²) in [5.41, 5.74) is 4.07. The normalized spacial score (nSPS) is 16.0. The van der Waals surface area contributed by atoms with E-state index in [1.807, 2.05) is 12.1 Å². The molecule has 150 valence electrons. The van der Waals surface area contributed by atoms with Crippen LogP contribution in [0.3, 0.4) is 0 Å². The fourth-order valence-electron chi connectivity index (χ4n) is 4.28. The van der Waals surface area contributed by atoms with Crippen LogP contribution in [0.25, 0.3) is 11.1 Å². The molecule has 0 saturated carbocycles. The number of rotatable bonds is 4. The zero-order valence-electron chi connectivity index (χ0n) is 16.2. The lowest BCUT2D eigenvalue weighted by Crippen LogP contribution is -2.15. The van der Waals surface area contributed by atoms with Crippen LogP contribution in [0.15, 0.2) is 48.5 Å². The van der Waals surface area contributed by atoms with Gasteiger partial charge < -0.3 is 0 Å². The highest BCUT2D eigenvalue weighted by molar-refractivity contribution is 5.66. The molecule has 0 aromatic heterocycles. The van der Waals surface area contributed by atoms with Crippen LogP contribution in [0, 0.1) is 23.3 Å². The summed E-state index contributed by atoms with van der Waals surface area (Å²) < 4.78 is 56.1. The molecule has 29 heavy (non-hydrogen) atoms. The quantitative estimate of drug-likeness (QED) is 0.410. The lowest BCUT2D eigenvalue weighted by atomic mass is 9.79. The first-order chi connectivity index (χ1) is 14.0. The molecule has 0 saturated heterocycles. The van der Waals surface area contributed by atoms with Gasteiger partial charge in [0.05, 0.1) is 0 Å². The first-order valence-corrected chi connectivity index (χ1v) is 10.0. The van der Waals surface area contributed by atoms with Crippen LogP contribution in [0.1, 0.15) is 47.9 Å². The van der Waals surface area contributed by atoms with Crippen molar-refractivity contribution in [2.75, 3.05) is 0 Å². The van der Waals surface area contributed by atoms with Gasteiger partial charge in [-0.05, 0) is 89.8 Å². The van der Waals surface area contributed by atoms with Crippen molar-refractivity contribution >= 4 is 0 Å². The van der Waals surface area contributed by atoms with Crippen LogP contribution in [-0.4, -0.2) is 0 Å². The molecule has 1 atom stereocenters. The highest BCUT2D eigenvalue weighted by atomic mass is 19.2. The summed E-state index contributed by atoms with van der Waals surface area (Å²) in [5, 5.41) is 0. The molecule has 0 heterocycles. The SMILES string of the molecule is CCCc1ccc(C2CCc3cc(-c4ccc(F)c(F)c4)c(F)cc3C2)c(F)c1. The van der Waals surface area contributed by atoms with Gasteiger partial charge in [-0.3, -0.25) is 0 Å². The van der Waals surface area contributed by atoms with Gasteiger partial charge in [-0.15, -0.1) is 0 Å². The molecule has 4 rings (SSSR count). The Bertz CT molecular complexity index is 1050. The molecular formula is C25H22F4. The predicted molar refractivity (Wildman–Crippen MR) is 107 cm³/mol. The third-order valence-corrected chi connectivity index (χ3v) is 5.79. The van der Waals surface area contributed by atoms with Crippen molar-refractivity contribution in [3.05, 3.63) is 94.1 Å². The van der Waals surface area contributed by atoms with Crippen LogP contribution in [0.4, 0.5) is 17.6 Å². The summed E-state index contributed by atoms with van der Waals surface area (Å²) in [6.45, 7) is 2.06. The van der Waals surface area contributed by atoms with Crippen LogP contribution in [0.5, 0.6) is 0 Å². The molecule has 0 spiro atoms. The smallest absolute Gasteiger partial charge is 0.159 e. The molecule has 1 aliphatic rings. The Morgan fingerprint density at radius 1 is 0.793 bits per heavy atom. The molecule has 0 fully saturated rings. The fourth-order valence-corrected chi connectivity index (χ4v) is 4.28. The molecule has 4 heteroatoms. The van der Waals surface area contributed by atoms with Gasteiger partial charge in [-0.2, -0.15) is 0 Å². The molecule has 3 aromatic rings. The number of aryl methyl sites for hydroxylation is 2. The number of benzene rings is 3. The molecule has 1 unspecified atom stereocenters. The molecule has 0 aliphatic heterocycles. The highest BCUT2D eigenvalue weighted by Gasteiger charge is 2.24. The van der Waals surface area contributed by atoms with E-state index in [4.69, 9.17) is 0 Å². The first-order valence-electron chi connectivity index (χ1n) is 10.0. The summed E-state index contributed by atoms with van der Waals surface area (Å²) in [6.07, 6.45) is 3.83. The van der Waals surface area contributed by atoms with E-state index in [0.717, 1.165) is 48.1 Å². The maximum Gasteiger partial charge on any atom is 0.159 e. The van der Waals surface area contributed by atoms with Gasteiger partial charge in [0.1, 0.15) is 11.6 Å². The monoisotopic (exact) mass is 398 g/mol. The standard InChI is InChI=1S/C25H22F4/c1-2-3-15-4-8-20(23(27)10-15)17-6-5-16-12-21(24(28)14-19(16)11-17)18-7-9-22(26)25(29)13-18/h4,7-10,12-14,17H,2-3,5-6,11H2,1H3. The molecule has 3 aromatic carbocycles. The van der Waals surface area contributed by atoms with Crippen LogP contribution < -0.4 is 0 Å². The maximum absolute atomic E-state index is 14.8. The molecular weight excluding hydrogens is 376 g/mol. The second-order valence-corrected chi connectivity index (χ2v) is 7.78. The molecule has 0 radical (unpaired) electrons. The molecule has 1 aliphatic carbocycles. The minimum Gasteiger partial charge on any atom is -0.207 e. The molecule has 0 nitrogen and oxygen atoms in total. The number of hydrogen-bond donors (Lipinski definition) is 0. The lowest BCUT2D eigenvalue weighted by Gasteiger charge is -2.26. The zero-order chi connectivity index (χ0) is 20.5. The minimum atomic E-state index is -0.998. The molecule has 0 bridgehead atoms. The average Bonchev–Trinajstić information content (AvgIpc) is 2.70. The summed E-state index contributed by atoms with van der Waals surface area (Å²) in [4.78, 5) is 0. The van der Waals surface area contributed by atoms with Crippen molar-refractivity contribution in [1.29, 1.82) is 0 Å². The van der Waals surface area contributed by atoms with E-state index >= 15 is 0 Å². The van der Waals surface area contributed by atoms with E-state index in [0.29, 0.717) is 24.0 Å². The van der Waals surface area contributed by atoms with Crippen LogP contribution in [-0.2, 0) is 19.3 Å². The number of hydrogen-bond acceptors (Lipinski definition) is 0. The third kappa shape index (κ3) is 3.93. The van der Waals surface area contributed by atoms with Gasteiger partial charge in [0.15, 0.2) is 11.6 Å². The van der Waals surface area contributed by atoms with Gasteiger partial charge in [0, 0.05) is 5.56 Å². The van der Waals surface area contributed by atoms with E-state index in [9.17, 15) is 17.6 Å². The van der Waals surface area contributed by atoms with Crippen molar-refractivity contribution in [1.82, 2.24) is 0 Å². The largest absolute Gasteiger partial charge is 0.207 e. The third-order valence-electron chi connectivity index (χ3n) is 5.79. The van der Waals surface area contributed by atoms with Gasteiger partial charge in [0.25, 0.3) is 0 Å². The van der Waals surface area contributed by atoms with Gasteiger partial charge >= 0.3 is 0 Å². The van der Waals surface area contributed by atoms with Gasteiger partial charge in [-0.25, -0.2) is 17.6 Å². The Morgan fingerprint density at radius 2 is 1.62 bits per heavy atom. The molecule has 0 N–H and O–H groups in total. The Morgan fingerprint density at radius 3 is 2.34 bits per heavy atom. The van der Waals surface area contributed by atoms with Crippen LogP contribution in [0.2, 0.25) is 0 Å². The van der Waals surface area contributed by atoms with Crippen molar-refractivity contribution in [3.8, 4) is 11.1 Å². The lowest BCUT2D eigenvalue weighted by molar-refractivity contribution is 0.509. The second kappa shape index (κ2) is 8.02.